The van der Waals surface area contributed by atoms with Crippen molar-refractivity contribution >= 4 is 0 Å². The quantitative estimate of drug-likeness (QED) is 0.807. The Balaban J connectivity index is 2.12. The van der Waals surface area contributed by atoms with Gasteiger partial charge in [0.2, 0.25) is 0 Å². The van der Waals surface area contributed by atoms with E-state index in [9.17, 15) is 9.59 Å². The second-order valence-corrected chi connectivity index (χ2v) is 5.45. The summed E-state index contributed by atoms with van der Waals surface area (Å²) in [6.45, 7) is 3.00. The molecule has 0 spiro atoms. The van der Waals surface area contributed by atoms with E-state index in [0.717, 1.165) is 5.69 Å². The van der Waals surface area contributed by atoms with Gasteiger partial charge in [-0.15, -0.1) is 0 Å². The number of aromatic amines is 1. The maximum Gasteiger partial charge on any atom is 0.328 e. The molecule has 0 aliphatic carbocycles. The summed E-state index contributed by atoms with van der Waals surface area (Å²) in [6, 6.07) is 7.10. The third kappa shape index (κ3) is 4.37. The number of H-pyrrole nitrogens is 1. The summed E-state index contributed by atoms with van der Waals surface area (Å²) < 4.78 is 6.48. The predicted molar refractivity (Wildman–Crippen MR) is 87.5 cm³/mol. The second kappa shape index (κ2) is 7.85. The minimum absolute atomic E-state index is 0.0403. The van der Waals surface area contributed by atoms with Crippen molar-refractivity contribution in [2.24, 2.45) is 0 Å². The van der Waals surface area contributed by atoms with E-state index in [1.807, 2.05) is 30.1 Å². The van der Waals surface area contributed by atoms with E-state index in [-0.39, 0.29) is 17.3 Å². The molecule has 0 aromatic carbocycles. The van der Waals surface area contributed by atoms with Gasteiger partial charge >= 0.3 is 5.69 Å². The fraction of sp³-hybridized carbons (Fsp3) is 0.438. The molecule has 0 radical (unpaired) electrons. The Labute approximate surface area is 134 Å². The lowest BCUT2D eigenvalue weighted by atomic mass is 10.1. The summed E-state index contributed by atoms with van der Waals surface area (Å²) in [4.78, 5) is 32.8. The molecule has 7 heteroatoms. The fourth-order valence-electron chi connectivity index (χ4n) is 2.43. The van der Waals surface area contributed by atoms with Crippen LogP contribution in [-0.4, -0.2) is 46.7 Å². The number of aryl methyl sites for hydroxylation is 1. The maximum atomic E-state index is 11.9. The predicted octanol–water partition coefficient (Wildman–Crippen LogP) is 0.560. The lowest BCUT2D eigenvalue weighted by molar-refractivity contribution is 0.101. The zero-order valence-corrected chi connectivity index (χ0v) is 13.7. The van der Waals surface area contributed by atoms with Crippen LogP contribution in [0.4, 0.5) is 0 Å². The molecule has 0 amide bonds. The molecule has 0 saturated carbocycles. The van der Waals surface area contributed by atoms with Crippen LogP contribution in [0.5, 0.6) is 0 Å². The third-order valence-corrected chi connectivity index (χ3v) is 3.72. The number of pyridine rings is 1. The van der Waals surface area contributed by atoms with E-state index in [1.54, 1.807) is 20.2 Å². The van der Waals surface area contributed by atoms with Gasteiger partial charge in [-0.05, 0) is 26.1 Å². The minimum atomic E-state index is -0.385. The number of aromatic nitrogens is 3. The Morgan fingerprint density at radius 1 is 1.39 bits per heavy atom. The van der Waals surface area contributed by atoms with Crippen LogP contribution in [-0.2, 0) is 11.3 Å². The summed E-state index contributed by atoms with van der Waals surface area (Å²) in [5.41, 5.74) is 0.780. The highest BCUT2D eigenvalue weighted by atomic mass is 16.5. The van der Waals surface area contributed by atoms with Gasteiger partial charge in [-0.3, -0.25) is 19.2 Å². The standard InChI is InChI=1S/C16H22N4O3/c1-12-10-15(21)20(16(22)18-12)9-8-19(2)14(11-23-3)13-6-4-5-7-17-13/h4-7,10,14H,8-9,11H2,1-3H3,(H,18,22). The van der Waals surface area contributed by atoms with E-state index >= 15 is 0 Å². The molecule has 23 heavy (non-hydrogen) atoms. The first-order chi connectivity index (χ1) is 11.0. The molecule has 1 unspecified atom stereocenters. The van der Waals surface area contributed by atoms with Crippen LogP contribution in [0.3, 0.4) is 0 Å². The number of ether oxygens (including phenoxy) is 1. The highest BCUT2D eigenvalue weighted by Gasteiger charge is 2.18. The molecule has 2 rings (SSSR count). The van der Waals surface area contributed by atoms with Crippen molar-refractivity contribution in [2.75, 3.05) is 27.3 Å². The molecule has 0 aliphatic heterocycles. The Morgan fingerprint density at radius 2 is 2.17 bits per heavy atom. The lowest BCUT2D eigenvalue weighted by Gasteiger charge is -2.27. The van der Waals surface area contributed by atoms with Crippen LogP contribution < -0.4 is 11.2 Å². The van der Waals surface area contributed by atoms with Crippen molar-refractivity contribution < 1.29 is 4.74 Å². The summed E-state index contributed by atoms with van der Waals surface area (Å²) >= 11 is 0. The third-order valence-electron chi connectivity index (χ3n) is 3.72. The van der Waals surface area contributed by atoms with Gasteiger partial charge in [-0.25, -0.2) is 4.79 Å². The lowest BCUT2D eigenvalue weighted by Crippen LogP contribution is -2.39. The molecular formula is C16H22N4O3. The van der Waals surface area contributed by atoms with Crippen molar-refractivity contribution in [2.45, 2.75) is 19.5 Å². The first-order valence-corrected chi connectivity index (χ1v) is 7.44. The molecule has 1 N–H and O–H groups in total. The van der Waals surface area contributed by atoms with Crippen LogP contribution in [0, 0.1) is 6.92 Å². The molecule has 1 atom stereocenters. The van der Waals surface area contributed by atoms with E-state index in [2.05, 4.69) is 9.97 Å². The molecule has 0 fully saturated rings. The summed E-state index contributed by atoms with van der Waals surface area (Å²) in [7, 11) is 3.56. The van der Waals surface area contributed by atoms with Crippen LogP contribution in [0.2, 0.25) is 0 Å². The van der Waals surface area contributed by atoms with Gasteiger partial charge in [0.25, 0.3) is 5.56 Å². The largest absolute Gasteiger partial charge is 0.383 e. The number of likely N-dealkylation sites (N-methyl/N-ethyl adjacent to an activating group) is 1. The van der Waals surface area contributed by atoms with E-state index in [1.165, 1.54) is 10.6 Å². The Bertz CT molecular complexity index is 708. The number of nitrogens with zero attached hydrogens (tertiary/aromatic N) is 3. The smallest absolute Gasteiger partial charge is 0.328 e. The molecular weight excluding hydrogens is 296 g/mol. The number of rotatable bonds is 7. The molecule has 2 aromatic rings. The van der Waals surface area contributed by atoms with Crippen LogP contribution >= 0.6 is 0 Å². The number of nitrogens with one attached hydrogen (secondary N) is 1. The van der Waals surface area contributed by atoms with Crippen LogP contribution in [0.1, 0.15) is 17.4 Å². The van der Waals surface area contributed by atoms with Gasteiger partial charge in [0, 0.05) is 38.2 Å². The molecule has 124 valence electrons. The zero-order chi connectivity index (χ0) is 16.8. The van der Waals surface area contributed by atoms with Crippen molar-refractivity contribution in [1.82, 2.24) is 19.4 Å². The van der Waals surface area contributed by atoms with Gasteiger partial charge in [-0.2, -0.15) is 0 Å². The maximum absolute atomic E-state index is 11.9. The SMILES string of the molecule is COCC(c1ccccn1)N(C)CCn1c(=O)cc(C)[nH]c1=O. The number of hydrogen-bond acceptors (Lipinski definition) is 5. The van der Waals surface area contributed by atoms with Crippen LogP contribution in [0.15, 0.2) is 40.1 Å². The first-order valence-electron chi connectivity index (χ1n) is 7.44. The molecule has 0 saturated heterocycles. The topological polar surface area (TPSA) is 80.2 Å². The summed E-state index contributed by atoms with van der Waals surface area (Å²) in [5, 5.41) is 0. The molecule has 7 nitrogen and oxygen atoms in total. The minimum Gasteiger partial charge on any atom is -0.383 e. The van der Waals surface area contributed by atoms with Gasteiger partial charge < -0.3 is 9.72 Å². The average molecular weight is 318 g/mol. The highest BCUT2D eigenvalue weighted by molar-refractivity contribution is 5.09. The van der Waals surface area contributed by atoms with E-state index < -0.39 is 0 Å². The fourth-order valence-corrected chi connectivity index (χ4v) is 2.43. The Hall–Kier alpha value is -2.25. The van der Waals surface area contributed by atoms with E-state index in [0.29, 0.717) is 25.4 Å². The van der Waals surface area contributed by atoms with Gasteiger partial charge in [-0.1, -0.05) is 6.07 Å². The van der Waals surface area contributed by atoms with Crippen molar-refractivity contribution in [3.8, 4) is 0 Å². The van der Waals surface area contributed by atoms with Crippen molar-refractivity contribution in [3.05, 3.63) is 62.7 Å². The van der Waals surface area contributed by atoms with Crippen molar-refractivity contribution in [1.29, 1.82) is 0 Å². The monoisotopic (exact) mass is 318 g/mol. The van der Waals surface area contributed by atoms with Gasteiger partial charge in [0.15, 0.2) is 0 Å². The number of methoxy groups -OCH3 is 1. The van der Waals surface area contributed by atoms with Crippen LogP contribution in [0.25, 0.3) is 0 Å². The van der Waals surface area contributed by atoms with Gasteiger partial charge in [0.1, 0.15) is 0 Å². The highest BCUT2D eigenvalue weighted by Crippen LogP contribution is 2.16. The molecule has 0 aliphatic rings. The average Bonchev–Trinajstić information content (AvgIpc) is 2.52. The Kier molecular flexibility index (Phi) is 5.84. The normalized spacial score (nSPS) is 12.5. The summed E-state index contributed by atoms with van der Waals surface area (Å²) in [6.07, 6.45) is 1.74. The Morgan fingerprint density at radius 3 is 2.78 bits per heavy atom. The first kappa shape index (κ1) is 17.1. The summed E-state index contributed by atoms with van der Waals surface area (Å²) in [5.74, 6) is 0. The van der Waals surface area contributed by atoms with Crippen molar-refractivity contribution in [3.63, 3.8) is 0 Å². The zero-order valence-electron chi connectivity index (χ0n) is 13.7. The molecule has 0 bridgehead atoms. The molecule has 2 aromatic heterocycles. The number of hydrogen-bond donors (Lipinski definition) is 1. The molecule has 2 heterocycles. The van der Waals surface area contributed by atoms with Gasteiger partial charge in [0.05, 0.1) is 18.3 Å². The second-order valence-electron chi connectivity index (χ2n) is 5.45. The van der Waals surface area contributed by atoms with E-state index in [4.69, 9.17) is 4.74 Å².